The summed E-state index contributed by atoms with van der Waals surface area (Å²) in [6.07, 6.45) is 1.88. The maximum Gasteiger partial charge on any atom is 0.245 e. The molecule has 1 aliphatic rings. The van der Waals surface area contributed by atoms with Crippen molar-refractivity contribution in [3.05, 3.63) is 48.7 Å². The van der Waals surface area contributed by atoms with Gasteiger partial charge >= 0.3 is 0 Å². The molecule has 0 N–H and O–H groups in total. The summed E-state index contributed by atoms with van der Waals surface area (Å²) in [5.74, 6) is 0.730. The van der Waals surface area contributed by atoms with E-state index in [-0.39, 0.29) is 17.5 Å². The number of para-hydroxylation sites is 1. The van der Waals surface area contributed by atoms with Crippen LogP contribution in [0.5, 0.6) is 11.8 Å². The molecule has 0 aliphatic carbocycles. The third-order valence-electron chi connectivity index (χ3n) is 4.43. The maximum absolute atomic E-state index is 13.1. The van der Waals surface area contributed by atoms with Crippen molar-refractivity contribution in [2.45, 2.75) is 17.4 Å². The van der Waals surface area contributed by atoms with Gasteiger partial charge in [-0.1, -0.05) is 18.2 Å². The number of benzene rings is 1. The van der Waals surface area contributed by atoms with Crippen LogP contribution in [-0.4, -0.2) is 54.2 Å². The van der Waals surface area contributed by atoms with Crippen molar-refractivity contribution >= 4 is 20.9 Å². The molecule has 27 heavy (non-hydrogen) atoms. The Morgan fingerprint density at radius 2 is 1.85 bits per heavy atom. The van der Waals surface area contributed by atoms with Crippen LogP contribution >= 0.6 is 0 Å². The van der Waals surface area contributed by atoms with Crippen molar-refractivity contribution in [1.82, 2.24) is 19.5 Å². The van der Waals surface area contributed by atoms with Crippen LogP contribution < -0.4 is 9.47 Å². The third kappa shape index (κ3) is 3.43. The van der Waals surface area contributed by atoms with E-state index in [1.807, 2.05) is 12.1 Å². The fourth-order valence-corrected chi connectivity index (χ4v) is 4.74. The van der Waals surface area contributed by atoms with Gasteiger partial charge in [0.05, 0.1) is 19.2 Å². The molecule has 9 heteroatoms. The van der Waals surface area contributed by atoms with E-state index in [1.54, 1.807) is 36.5 Å². The third-order valence-corrected chi connectivity index (χ3v) is 6.33. The Morgan fingerprint density at radius 3 is 2.63 bits per heavy atom. The summed E-state index contributed by atoms with van der Waals surface area (Å²) >= 11 is 0. The average molecular weight is 386 g/mol. The smallest absolute Gasteiger partial charge is 0.245 e. The van der Waals surface area contributed by atoms with E-state index in [1.165, 1.54) is 11.4 Å². The Balaban J connectivity index is 1.53. The molecule has 0 amide bonds. The van der Waals surface area contributed by atoms with Crippen molar-refractivity contribution < 1.29 is 17.9 Å². The predicted molar refractivity (Wildman–Crippen MR) is 98.1 cm³/mol. The van der Waals surface area contributed by atoms with Gasteiger partial charge in [-0.2, -0.15) is 4.31 Å². The van der Waals surface area contributed by atoms with Crippen molar-refractivity contribution in [1.29, 1.82) is 0 Å². The molecule has 1 fully saturated rings. The second-order valence-electron chi connectivity index (χ2n) is 6.14. The standard InChI is InChI=1S/C18H18N4O4S/c1-25-16-7-8-17(21-20-16)26-14-9-11-22(12-14)27(23,24)15-6-2-4-13-5-3-10-19-18(13)15/h2-8,10,14H,9,11-12H2,1H3. The Labute approximate surface area is 156 Å². The molecule has 0 spiro atoms. The quantitative estimate of drug-likeness (QED) is 0.661. The highest BCUT2D eigenvalue weighted by atomic mass is 32.2. The molecular weight excluding hydrogens is 368 g/mol. The van der Waals surface area contributed by atoms with Gasteiger partial charge in [0, 0.05) is 30.3 Å². The fraction of sp³-hybridized carbons (Fsp3) is 0.278. The first-order valence-electron chi connectivity index (χ1n) is 8.46. The largest absolute Gasteiger partial charge is 0.480 e. The normalized spacial score (nSPS) is 17.9. The minimum Gasteiger partial charge on any atom is -0.480 e. The number of methoxy groups -OCH3 is 1. The fourth-order valence-electron chi connectivity index (χ4n) is 3.09. The zero-order valence-electron chi connectivity index (χ0n) is 14.6. The topological polar surface area (TPSA) is 94.5 Å². The minimum absolute atomic E-state index is 0.213. The average Bonchev–Trinajstić information content (AvgIpc) is 3.17. The summed E-state index contributed by atoms with van der Waals surface area (Å²) in [6.45, 7) is 0.624. The van der Waals surface area contributed by atoms with Crippen LogP contribution in [-0.2, 0) is 10.0 Å². The van der Waals surface area contributed by atoms with Crippen molar-refractivity contribution in [2.75, 3.05) is 20.2 Å². The minimum atomic E-state index is -3.67. The van der Waals surface area contributed by atoms with Gasteiger partial charge in [0.15, 0.2) is 0 Å². The van der Waals surface area contributed by atoms with Gasteiger partial charge in [-0.3, -0.25) is 4.98 Å². The number of hydrogen-bond acceptors (Lipinski definition) is 7. The van der Waals surface area contributed by atoms with E-state index < -0.39 is 10.0 Å². The maximum atomic E-state index is 13.1. The SMILES string of the molecule is COc1ccc(OC2CCN(S(=O)(=O)c3cccc4cccnc34)C2)nn1. The molecule has 0 bridgehead atoms. The molecule has 3 aromatic rings. The molecule has 1 saturated heterocycles. The lowest BCUT2D eigenvalue weighted by Gasteiger charge is -2.17. The Bertz CT molecular complexity index is 1050. The number of nitrogens with zero attached hydrogens (tertiary/aromatic N) is 4. The van der Waals surface area contributed by atoms with Crippen LogP contribution in [0.4, 0.5) is 0 Å². The number of sulfonamides is 1. The van der Waals surface area contributed by atoms with Gasteiger partial charge in [0.1, 0.15) is 11.0 Å². The summed E-state index contributed by atoms with van der Waals surface area (Å²) < 4.78 is 38.4. The van der Waals surface area contributed by atoms with Crippen LogP contribution in [0, 0.1) is 0 Å². The molecule has 0 saturated carbocycles. The van der Waals surface area contributed by atoms with Gasteiger partial charge in [0.25, 0.3) is 0 Å². The second-order valence-corrected chi connectivity index (χ2v) is 8.04. The van der Waals surface area contributed by atoms with Crippen LogP contribution in [0.1, 0.15) is 6.42 Å². The van der Waals surface area contributed by atoms with E-state index in [0.717, 1.165) is 5.39 Å². The Hall–Kier alpha value is -2.78. The summed E-state index contributed by atoms with van der Waals surface area (Å²) in [7, 11) is -2.16. The number of hydrogen-bond donors (Lipinski definition) is 0. The number of rotatable bonds is 5. The number of pyridine rings is 1. The van der Waals surface area contributed by atoms with E-state index in [9.17, 15) is 8.42 Å². The van der Waals surface area contributed by atoms with Crippen molar-refractivity contribution in [3.8, 4) is 11.8 Å². The zero-order valence-corrected chi connectivity index (χ0v) is 15.5. The lowest BCUT2D eigenvalue weighted by molar-refractivity contribution is 0.203. The van der Waals surface area contributed by atoms with E-state index in [0.29, 0.717) is 30.2 Å². The molecule has 1 unspecified atom stereocenters. The highest BCUT2D eigenvalue weighted by Crippen LogP contribution is 2.27. The molecule has 1 atom stereocenters. The Kier molecular flexibility index (Phi) is 4.63. The molecule has 3 heterocycles. The first kappa shape index (κ1) is 17.6. The summed E-state index contributed by atoms with van der Waals surface area (Å²) in [4.78, 5) is 4.47. The van der Waals surface area contributed by atoms with Crippen LogP contribution in [0.3, 0.4) is 0 Å². The zero-order chi connectivity index (χ0) is 18.9. The first-order valence-corrected chi connectivity index (χ1v) is 9.90. The highest BCUT2D eigenvalue weighted by Gasteiger charge is 2.35. The molecule has 8 nitrogen and oxygen atoms in total. The van der Waals surface area contributed by atoms with E-state index in [2.05, 4.69) is 15.2 Å². The lowest BCUT2D eigenvalue weighted by atomic mass is 10.2. The molecule has 2 aromatic heterocycles. The van der Waals surface area contributed by atoms with E-state index in [4.69, 9.17) is 9.47 Å². The predicted octanol–water partition coefficient (Wildman–Crippen LogP) is 1.88. The first-order chi connectivity index (χ1) is 13.1. The molecule has 0 radical (unpaired) electrons. The molecule has 1 aliphatic heterocycles. The van der Waals surface area contributed by atoms with Gasteiger partial charge in [-0.15, -0.1) is 10.2 Å². The van der Waals surface area contributed by atoms with Gasteiger partial charge in [-0.25, -0.2) is 8.42 Å². The molecular formula is C18H18N4O4S. The van der Waals surface area contributed by atoms with E-state index >= 15 is 0 Å². The van der Waals surface area contributed by atoms with Crippen LogP contribution in [0.25, 0.3) is 10.9 Å². The summed E-state index contributed by atoms with van der Waals surface area (Å²) in [5.41, 5.74) is 0.477. The lowest BCUT2D eigenvalue weighted by Crippen LogP contribution is -2.31. The van der Waals surface area contributed by atoms with Gasteiger partial charge < -0.3 is 9.47 Å². The number of ether oxygens (including phenoxy) is 2. The molecule has 1 aromatic carbocycles. The number of fused-ring (bicyclic) bond motifs is 1. The summed E-state index contributed by atoms with van der Waals surface area (Å²) in [6, 6.07) is 12.1. The highest BCUT2D eigenvalue weighted by molar-refractivity contribution is 7.89. The molecule has 140 valence electrons. The van der Waals surface area contributed by atoms with Gasteiger partial charge in [-0.05, 0) is 18.6 Å². The van der Waals surface area contributed by atoms with Crippen molar-refractivity contribution in [3.63, 3.8) is 0 Å². The van der Waals surface area contributed by atoms with Crippen molar-refractivity contribution in [2.24, 2.45) is 0 Å². The van der Waals surface area contributed by atoms with Crippen LogP contribution in [0.2, 0.25) is 0 Å². The second kappa shape index (κ2) is 7.09. The number of aromatic nitrogens is 3. The Morgan fingerprint density at radius 1 is 1.07 bits per heavy atom. The van der Waals surface area contributed by atoms with Gasteiger partial charge in [0.2, 0.25) is 21.8 Å². The molecule has 4 rings (SSSR count). The summed E-state index contributed by atoms with van der Waals surface area (Å²) in [5, 5.41) is 8.57. The monoisotopic (exact) mass is 386 g/mol. The van der Waals surface area contributed by atoms with Crippen LogP contribution in [0.15, 0.2) is 53.6 Å².